The molecular weight excluding hydrogens is 317 g/mol. The summed E-state index contributed by atoms with van der Waals surface area (Å²) in [6, 6.07) is 5.79. The van der Waals surface area contributed by atoms with Gasteiger partial charge in [0.1, 0.15) is 0 Å². The van der Waals surface area contributed by atoms with E-state index in [1.165, 1.54) is 0 Å². The molecule has 0 saturated carbocycles. The zero-order chi connectivity index (χ0) is 12.1. The van der Waals surface area contributed by atoms with E-state index in [0.717, 1.165) is 9.13 Å². The summed E-state index contributed by atoms with van der Waals surface area (Å²) >= 11 is 2.15. The number of nitrogens with one attached hydrogen (secondary N) is 1. The van der Waals surface area contributed by atoms with Crippen LogP contribution in [0.3, 0.4) is 0 Å². The highest BCUT2D eigenvalue weighted by atomic mass is 127. The van der Waals surface area contributed by atoms with Crippen LogP contribution in [0, 0.1) is 16.4 Å². The maximum Gasteiger partial charge on any atom is 0.252 e. The molecule has 3 nitrogen and oxygen atoms in total. The number of carbonyl (C=O) groups is 1. The summed E-state index contributed by atoms with van der Waals surface area (Å²) in [4.78, 5) is 11.8. The first-order valence-corrected chi connectivity index (χ1v) is 6.27. The highest BCUT2D eigenvalue weighted by Gasteiger charge is 2.10. The molecule has 0 aromatic heterocycles. The van der Waals surface area contributed by atoms with Gasteiger partial charge in [-0.25, -0.2) is 0 Å². The molecular formula is C12H16INO2. The van der Waals surface area contributed by atoms with Gasteiger partial charge in [0.15, 0.2) is 0 Å². The predicted octanol–water partition coefficient (Wildman–Crippen LogP) is 1.96. The van der Waals surface area contributed by atoms with Crippen LogP contribution in [-0.4, -0.2) is 24.2 Å². The molecule has 1 atom stereocenters. The zero-order valence-electron chi connectivity index (χ0n) is 9.46. The lowest BCUT2D eigenvalue weighted by molar-refractivity contribution is 0.0941. The Morgan fingerprint density at radius 3 is 2.88 bits per heavy atom. The molecule has 0 radical (unpaired) electrons. The minimum absolute atomic E-state index is 0.0756. The van der Waals surface area contributed by atoms with Crippen LogP contribution in [0.2, 0.25) is 0 Å². The fraction of sp³-hybridized carbons (Fsp3) is 0.417. The highest BCUT2D eigenvalue weighted by molar-refractivity contribution is 14.1. The highest BCUT2D eigenvalue weighted by Crippen LogP contribution is 2.14. The molecule has 0 heterocycles. The second kappa shape index (κ2) is 6.20. The van der Waals surface area contributed by atoms with Crippen LogP contribution >= 0.6 is 22.6 Å². The summed E-state index contributed by atoms with van der Waals surface area (Å²) in [5.41, 5.74) is 1.77. The third-order valence-corrected chi connectivity index (χ3v) is 3.23. The van der Waals surface area contributed by atoms with Gasteiger partial charge in [-0.15, -0.1) is 0 Å². The first kappa shape index (κ1) is 13.4. The number of hydrogen-bond donors (Lipinski definition) is 2. The van der Waals surface area contributed by atoms with Crippen molar-refractivity contribution in [3.05, 3.63) is 32.9 Å². The lowest BCUT2D eigenvalue weighted by Gasteiger charge is -2.11. The summed E-state index contributed by atoms with van der Waals surface area (Å²) in [5.74, 6) is 0.0137. The largest absolute Gasteiger partial charge is 0.396 e. The molecule has 16 heavy (non-hydrogen) atoms. The maximum atomic E-state index is 11.8. The molecule has 1 amide bonds. The number of amides is 1. The number of halogens is 1. The van der Waals surface area contributed by atoms with E-state index in [1.807, 2.05) is 32.0 Å². The summed E-state index contributed by atoms with van der Waals surface area (Å²) < 4.78 is 0.942. The van der Waals surface area contributed by atoms with Crippen LogP contribution in [0.15, 0.2) is 18.2 Å². The van der Waals surface area contributed by atoms with Crippen LogP contribution in [0.5, 0.6) is 0 Å². The van der Waals surface area contributed by atoms with Crippen molar-refractivity contribution < 1.29 is 9.90 Å². The third kappa shape index (κ3) is 3.75. The van der Waals surface area contributed by atoms with Crippen LogP contribution < -0.4 is 5.32 Å². The number of aryl methyl sites for hydroxylation is 1. The molecule has 0 bridgehead atoms. The van der Waals surface area contributed by atoms with Gasteiger partial charge in [-0.1, -0.05) is 18.6 Å². The fourth-order valence-electron chi connectivity index (χ4n) is 1.24. The second-order valence-electron chi connectivity index (χ2n) is 3.98. The molecule has 2 N–H and O–H groups in total. The van der Waals surface area contributed by atoms with Gasteiger partial charge in [-0.3, -0.25) is 4.79 Å². The van der Waals surface area contributed by atoms with Gasteiger partial charge in [-0.2, -0.15) is 0 Å². The molecule has 0 saturated heterocycles. The van der Waals surface area contributed by atoms with E-state index in [2.05, 4.69) is 27.9 Å². The minimum Gasteiger partial charge on any atom is -0.396 e. The molecule has 88 valence electrons. The number of aliphatic hydroxyl groups excluding tert-OH is 1. The van der Waals surface area contributed by atoms with Gasteiger partial charge in [0, 0.05) is 16.7 Å². The van der Waals surface area contributed by atoms with E-state index < -0.39 is 0 Å². The van der Waals surface area contributed by atoms with Crippen molar-refractivity contribution in [3.63, 3.8) is 0 Å². The molecule has 1 rings (SSSR count). The van der Waals surface area contributed by atoms with Crippen molar-refractivity contribution in [1.29, 1.82) is 0 Å². The molecule has 0 aliphatic carbocycles. The van der Waals surface area contributed by atoms with Gasteiger partial charge < -0.3 is 10.4 Å². The van der Waals surface area contributed by atoms with E-state index in [1.54, 1.807) is 0 Å². The van der Waals surface area contributed by atoms with Crippen molar-refractivity contribution in [1.82, 2.24) is 5.32 Å². The van der Waals surface area contributed by atoms with E-state index in [4.69, 9.17) is 5.11 Å². The number of carbonyl (C=O) groups excluding carboxylic acids is 1. The number of aliphatic hydroxyl groups is 1. The van der Waals surface area contributed by atoms with Crippen LogP contribution in [0.1, 0.15) is 22.8 Å². The third-order valence-electron chi connectivity index (χ3n) is 2.29. The van der Waals surface area contributed by atoms with Crippen molar-refractivity contribution in [2.24, 2.45) is 5.92 Å². The standard InChI is InChI=1S/C12H16INO2/c1-8-3-4-11(13)10(5-8)12(16)14-6-9(2)7-15/h3-5,9,15H,6-7H2,1-2H3,(H,14,16). The average Bonchev–Trinajstić information content (AvgIpc) is 2.28. The molecule has 4 heteroatoms. The SMILES string of the molecule is Cc1ccc(I)c(C(=O)NCC(C)CO)c1. The Morgan fingerprint density at radius 1 is 1.56 bits per heavy atom. The average molecular weight is 333 g/mol. The molecule has 0 spiro atoms. The molecule has 1 aromatic rings. The minimum atomic E-state index is -0.0756. The molecule has 1 unspecified atom stereocenters. The van der Waals surface area contributed by atoms with E-state index in [-0.39, 0.29) is 18.4 Å². The first-order valence-electron chi connectivity index (χ1n) is 5.19. The van der Waals surface area contributed by atoms with Crippen LogP contribution in [-0.2, 0) is 0 Å². The van der Waals surface area contributed by atoms with Crippen molar-refractivity contribution >= 4 is 28.5 Å². The smallest absolute Gasteiger partial charge is 0.252 e. The van der Waals surface area contributed by atoms with E-state index >= 15 is 0 Å². The first-order chi connectivity index (χ1) is 7.54. The van der Waals surface area contributed by atoms with Gasteiger partial charge in [-0.05, 0) is 47.6 Å². The maximum absolute atomic E-state index is 11.8. The van der Waals surface area contributed by atoms with Crippen LogP contribution in [0.4, 0.5) is 0 Å². The van der Waals surface area contributed by atoms with E-state index in [0.29, 0.717) is 12.1 Å². The summed E-state index contributed by atoms with van der Waals surface area (Å²) in [7, 11) is 0. The molecule has 0 aliphatic rings. The molecule has 0 aliphatic heterocycles. The van der Waals surface area contributed by atoms with Crippen molar-refractivity contribution in [2.75, 3.05) is 13.2 Å². The van der Waals surface area contributed by atoms with Gasteiger partial charge in [0.05, 0.1) is 5.56 Å². The van der Waals surface area contributed by atoms with Gasteiger partial charge in [0.2, 0.25) is 0 Å². The van der Waals surface area contributed by atoms with E-state index in [9.17, 15) is 4.79 Å². The predicted molar refractivity (Wildman–Crippen MR) is 72.5 cm³/mol. The number of hydrogen-bond acceptors (Lipinski definition) is 2. The Bertz CT molecular complexity index is 379. The normalized spacial score (nSPS) is 12.2. The lowest BCUT2D eigenvalue weighted by atomic mass is 10.1. The second-order valence-corrected chi connectivity index (χ2v) is 5.14. The Labute approximate surface area is 109 Å². The van der Waals surface area contributed by atoms with Gasteiger partial charge >= 0.3 is 0 Å². The Kier molecular flexibility index (Phi) is 5.21. The lowest BCUT2D eigenvalue weighted by Crippen LogP contribution is -2.30. The Balaban J connectivity index is 2.69. The fourth-order valence-corrected chi connectivity index (χ4v) is 1.82. The topological polar surface area (TPSA) is 49.3 Å². The van der Waals surface area contributed by atoms with Gasteiger partial charge in [0.25, 0.3) is 5.91 Å². The van der Waals surface area contributed by atoms with Crippen molar-refractivity contribution in [3.8, 4) is 0 Å². The monoisotopic (exact) mass is 333 g/mol. The molecule has 1 aromatic carbocycles. The zero-order valence-corrected chi connectivity index (χ0v) is 11.6. The Morgan fingerprint density at radius 2 is 2.25 bits per heavy atom. The number of benzene rings is 1. The molecule has 0 fully saturated rings. The number of rotatable bonds is 4. The quantitative estimate of drug-likeness (QED) is 0.828. The Hall–Kier alpha value is -0.620. The summed E-state index contributed by atoms with van der Waals surface area (Å²) in [6.07, 6.45) is 0. The van der Waals surface area contributed by atoms with Crippen molar-refractivity contribution in [2.45, 2.75) is 13.8 Å². The van der Waals surface area contributed by atoms with Crippen LogP contribution in [0.25, 0.3) is 0 Å². The summed E-state index contributed by atoms with van der Waals surface area (Å²) in [5, 5.41) is 11.7. The summed E-state index contributed by atoms with van der Waals surface area (Å²) in [6.45, 7) is 4.44.